The van der Waals surface area contributed by atoms with Gasteiger partial charge in [0.2, 0.25) is 0 Å². The summed E-state index contributed by atoms with van der Waals surface area (Å²) in [5.41, 5.74) is 2.52. The maximum absolute atomic E-state index is 11.9. The van der Waals surface area contributed by atoms with E-state index in [-0.39, 0.29) is 5.63 Å². The number of aryl methyl sites for hydroxylation is 1. The third-order valence-electron chi connectivity index (χ3n) is 4.03. The van der Waals surface area contributed by atoms with Crippen LogP contribution in [0.2, 0.25) is 0 Å². The highest BCUT2D eigenvalue weighted by atomic mass is 32.1. The lowest BCUT2D eigenvalue weighted by Gasteiger charge is -2.26. The predicted molar refractivity (Wildman–Crippen MR) is 95.9 cm³/mol. The molecule has 120 valence electrons. The third-order valence-corrected chi connectivity index (χ3v) is 4.89. The summed E-state index contributed by atoms with van der Waals surface area (Å²) in [6.07, 6.45) is 0. The topological polar surface area (TPSA) is 33.5 Å². The van der Waals surface area contributed by atoms with Gasteiger partial charge in [0.05, 0.1) is 0 Å². The quantitative estimate of drug-likeness (QED) is 0.644. The molecule has 3 rings (SSSR count). The third kappa shape index (κ3) is 3.71. The fraction of sp³-hybridized carbons (Fsp3) is 0.316. The summed E-state index contributed by atoms with van der Waals surface area (Å²) < 4.78 is 5.36. The number of fused-ring (bicyclic) bond motifs is 1. The summed E-state index contributed by atoms with van der Waals surface area (Å²) in [7, 11) is 0. The van der Waals surface area contributed by atoms with Crippen molar-refractivity contribution >= 4 is 22.3 Å². The van der Waals surface area contributed by atoms with E-state index in [1.54, 1.807) is 17.4 Å². The Labute approximate surface area is 140 Å². The Balaban J connectivity index is 1.96. The van der Waals surface area contributed by atoms with E-state index in [0.717, 1.165) is 29.6 Å². The van der Waals surface area contributed by atoms with Gasteiger partial charge in [-0.15, -0.1) is 11.3 Å². The molecule has 2 heterocycles. The van der Waals surface area contributed by atoms with E-state index in [0.29, 0.717) is 11.6 Å². The van der Waals surface area contributed by atoms with E-state index < -0.39 is 0 Å². The maximum Gasteiger partial charge on any atom is 0.336 e. The molecule has 0 saturated heterocycles. The Morgan fingerprint density at radius 2 is 2.00 bits per heavy atom. The molecular formula is C19H21NO2S. The van der Waals surface area contributed by atoms with Gasteiger partial charge in [-0.25, -0.2) is 4.79 Å². The van der Waals surface area contributed by atoms with Crippen LogP contribution in [0.25, 0.3) is 11.0 Å². The molecule has 3 aromatic rings. The van der Waals surface area contributed by atoms with Crippen LogP contribution in [0.4, 0.5) is 0 Å². The zero-order valence-electron chi connectivity index (χ0n) is 13.7. The van der Waals surface area contributed by atoms with E-state index >= 15 is 0 Å². The fourth-order valence-electron chi connectivity index (χ4n) is 2.71. The minimum atomic E-state index is -0.280. The number of nitrogens with zero attached hydrogens (tertiary/aromatic N) is 1. The van der Waals surface area contributed by atoms with Crippen LogP contribution < -0.4 is 5.63 Å². The molecular weight excluding hydrogens is 306 g/mol. The lowest BCUT2D eigenvalue weighted by molar-refractivity contribution is 0.206. The Bertz CT molecular complexity index is 849. The summed E-state index contributed by atoms with van der Waals surface area (Å²) in [6.45, 7) is 8.00. The van der Waals surface area contributed by atoms with E-state index in [1.165, 1.54) is 4.88 Å². The Kier molecular flexibility index (Phi) is 4.64. The predicted octanol–water partition coefficient (Wildman–Crippen LogP) is 4.57. The molecule has 0 aliphatic heterocycles. The van der Waals surface area contributed by atoms with Crippen molar-refractivity contribution in [2.45, 2.75) is 39.9 Å². The second-order valence-corrected chi connectivity index (χ2v) is 7.20. The lowest BCUT2D eigenvalue weighted by atomic mass is 10.1. The van der Waals surface area contributed by atoms with Crippen molar-refractivity contribution in [2.24, 2.45) is 0 Å². The van der Waals surface area contributed by atoms with E-state index in [9.17, 15) is 4.79 Å². The number of hydrogen-bond acceptors (Lipinski definition) is 4. The van der Waals surface area contributed by atoms with Gasteiger partial charge in [-0.2, -0.15) is 0 Å². The molecule has 0 bridgehead atoms. The SMILES string of the molecule is Cc1ccc2c(CN(Cc3cccs3)C(C)C)cc(=O)oc2c1. The summed E-state index contributed by atoms with van der Waals surface area (Å²) in [5, 5.41) is 3.12. The fourth-order valence-corrected chi connectivity index (χ4v) is 3.44. The molecule has 0 aliphatic carbocycles. The van der Waals surface area contributed by atoms with Crippen molar-refractivity contribution in [3.05, 3.63) is 68.2 Å². The lowest BCUT2D eigenvalue weighted by Crippen LogP contribution is -2.29. The summed E-state index contributed by atoms with van der Waals surface area (Å²) in [4.78, 5) is 15.6. The average Bonchev–Trinajstić information content (AvgIpc) is 2.98. The maximum atomic E-state index is 11.9. The number of hydrogen-bond donors (Lipinski definition) is 0. The van der Waals surface area contributed by atoms with Crippen molar-refractivity contribution in [2.75, 3.05) is 0 Å². The van der Waals surface area contributed by atoms with Gasteiger partial charge in [-0.1, -0.05) is 18.2 Å². The summed E-state index contributed by atoms with van der Waals surface area (Å²) in [6, 6.07) is 12.3. The molecule has 0 aliphatic rings. The monoisotopic (exact) mass is 327 g/mol. The minimum Gasteiger partial charge on any atom is -0.423 e. The summed E-state index contributed by atoms with van der Waals surface area (Å²) in [5.74, 6) is 0. The highest BCUT2D eigenvalue weighted by Crippen LogP contribution is 2.22. The first-order valence-corrected chi connectivity index (χ1v) is 8.71. The molecule has 0 amide bonds. The largest absolute Gasteiger partial charge is 0.423 e. The molecule has 0 N–H and O–H groups in total. The molecule has 3 nitrogen and oxygen atoms in total. The van der Waals surface area contributed by atoms with Gasteiger partial charge >= 0.3 is 5.63 Å². The Morgan fingerprint density at radius 1 is 1.17 bits per heavy atom. The average molecular weight is 327 g/mol. The van der Waals surface area contributed by atoms with Crippen LogP contribution >= 0.6 is 11.3 Å². The Morgan fingerprint density at radius 3 is 2.70 bits per heavy atom. The normalized spacial score (nSPS) is 11.7. The van der Waals surface area contributed by atoms with E-state index in [4.69, 9.17) is 4.42 Å². The molecule has 0 atom stereocenters. The first-order chi connectivity index (χ1) is 11.0. The minimum absolute atomic E-state index is 0.280. The number of thiophene rings is 1. The van der Waals surface area contributed by atoms with Gasteiger partial charge in [0.25, 0.3) is 0 Å². The molecule has 4 heteroatoms. The number of rotatable bonds is 5. The van der Waals surface area contributed by atoms with E-state index in [1.807, 2.05) is 19.1 Å². The molecule has 0 fully saturated rings. The van der Waals surface area contributed by atoms with Crippen molar-refractivity contribution < 1.29 is 4.42 Å². The second kappa shape index (κ2) is 6.69. The molecule has 1 aromatic carbocycles. The van der Waals surface area contributed by atoms with Gasteiger partial charge in [0.15, 0.2) is 0 Å². The molecule has 23 heavy (non-hydrogen) atoms. The molecule has 2 aromatic heterocycles. The number of benzene rings is 1. The molecule has 0 saturated carbocycles. The van der Waals surface area contributed by atoms with Gasteiger partial charge in [0, 0.05) is 35.5 Å². The van der Waals surface area contributed by atoms with Crippen molar-refractivity contribution in [3.8, 4) is 0 Å². The van der Waals surface area contributed by atoms with Crippen LogP contribution in [0, 0.1) is 6.92 Å². The molecule has 0 unspecified atom stereocenters. The highest BCUT2D eigenvalue weighted by Gasteiger charge is 2.14. The first-order valence-electron chi connectivity index (χ1n) is 7.83. The summed E-state index contributed by atoms with van der Waals surface area (Å²) >= 11 is 1.77. The van der Waals surface area contributed by atoms with Gasteiger partial charge in [0.1, 0.15) is 5.58 Å². The van der Waals surface area contributed by atoms with Gasteiger partial charge in [-0.3, -0.25) is 4.90 Å². The molecule has 0 spiro atoms. The van der Waals surface area contributed by atoms with E-state index in [2.05, 4.69) is 42.3 Å². The Hall–Kier alpha value is -1.91. The van der Waals surface area contributed by atoms with Crippen molar-refractivity contribution in [1.29, 1.82) is 0 Å². The van der Waals surface area contributed by atoms with Crippen LogP contribution in [0.5, 0.6) is 0 Å². The van der Waals surface area contributed by atoms with Crippen LogP contribution in [-0.4, -0.2) is 10.9 Å². The van der Waals surface area contributed by atoms with Crippen LogP contribution in [0.15, 0.2) is 51.0 Å². The van der Waals surface area contributed by atoms with Gasteiger partial charge < -0.3 is 4.42 Å². The smallest absolute Gasteiger partial charge is 0.336 e. The standard InChI is InChI=1S/C19H21NO2S/c1-13(2)20(12-16-5-4-8-23-16)11-15-10-19(21)22-18-9-14(3)6-7-17(15)18/h4-10,13H,11-12H2,1-3H3. The zero-order chi connectivity index (χ0) is 16.4. The van der Waals surface area contributed by atoms with Crippen LogP contribution in [0.1, 0.15) is 29.9 Å². The molecule has 0 radical (unpaired) electrons. The van der Waals surface area contributed by atoms with Crippen LogP contribution in [0.3, 0.4) is 0 Å². The zero-order valence-corrected chi connectivity index (χ0v) is 14.5. The van der Waals surface area contributed by atoms with Crippen molar-refractivity contribution in [3.63, 3.8) is 0 Å². The second-order valence-electron chi connectivity index (χ2n) is 6.17. The van der Waals surface area contributed by atoms with Crippen LogP contribution in [-0.2, 0) is 13.1 Å². The van der Waals surface area contributed by atoms with Crippen molar-refractivity contribution in [1.82, 2.24) is 4.90 Å². The van der Waals surface area contributed by atoms with Gasteiger partial charge in [-0.05, 0) is 49.4 Å². The first kappa shape index (κ1) is 16.0. The highest BCUT2D eigenvalue weighted by molar-refractivity contribution is 7.09.